The van der Waals surface area contributed by atoms with Crippen LogP contribution >= 0.6 is 0 Å². The molecule has 1 heterocycles. The van der Waals surface area contributed by atoms with E-state index in [1.165, 1.54) is 26.4 Å². The van der Waals surface area contributed by atoms with Crippen molar-refractivity contribution >= 4 is 20.9 Å². The summed E-state index contributed by atoms with van der Waals surface area (Å²) in [4.78, 5) is 4.31. The largest absolute Gasteiger partial charge is 0.493 e. The van der Waals surface area contributed by atoms with Crippen LogP contribution in [0, 0.1) is 0 Å². The van der Waals surface area contributed by atoms with E-state index >= 15 is 0 Å². The minimum absolute atomic E-state index is 0.0389. The third-order valence-corrected chi connectivity index (χ3v) is 6.46. The lowest BCUT2D eigenvalue weighted by Gasteiger charge is -2.16. The number of hydrogen-bond donors (Lipinski definition) is 1. The summed E-state index contributed by atoms with van der Waals surface area (Å²) in [5.74, 6) is 2.05. The van der Waals surface area contributed by atoms with Gasteiger partial charge in [-0.05, 0) is 36.4 Å². The number of aromatic nitrogens is 1. The molecule has 0 aliphatic carbocycles. The maximum atomic E-state index is 14.5. The Hall–Kier alpha value is -3.89. The third kappa shape index (κ3) is 5.61. The predicted octanol–water partition coefficient (Wildman–Crippen LogP) is 4.70. The van der Waals surface area contributed by atoms with E-state index in [0.717, 1.165) is 0 Å². The molecule has 10 heteroatoms. The van der Waals surface area contributed by atoms with Gasteiger partial charge < -0.3 is 18.9 Å². The van der Waals surface area contributed by atoms with Crippen LogP contribution in [-0.2, 0) is 10.0 Å². The van der Waals surface area contributed by atoms with E-state index in [1.54, 1.807) is 66.9 Å². The molecule has 0 spiro atoms. The first kappa shape index (κ1) is 24.2. The second-order valence-corrected chi connectivity index (χ2v) is 9.01. The van der Waals surface area contributed by atoms with E-state index in [2.05, 4.69) is 4.98 Å². The Bertz CT molecular complexity index is 1420. The minimum Gasteiger partial charge on any atom is -0.493 e. The van der Waals surface area contributed by atoms with Crippen molar-refractivity contribution in [2.75, 3.05) is 20.8 Å². The Labute approximate surface area is 202 Å². The van der Waals surface area contributed by atoms with Crippen molar-refractivity contribution in [1.29, 1.82) is 0 Å². The summed E-state index contributed by atoms with van der Waals surface area (Å²) in [5.41, 5.74) is 0.623. The van der Waals surface area contributed by atoms with Crippen LogP contribution in [0.25, 0.3) is 10.9 Å². The van der Waals surface area contributed by atoms with Crippen molar-refractivity contribution in [2.45, 2.75) is 11.2 Å². The lowest BCUT2D eigenvalue weighted by atomic mass is 10.2. The van der Waals surface area contributed by atoms with Crippen LogP contribution in [0.5, 0.6) is 28.7 Å². The summed E-state index contributed by atoms with van der Waals surface area (Å²) in [7, 11) is -0.956. The first-order valence-corrected chi connectivity index (χ1v) is 12.0. The smallest absolute Gasteiger partial charge is 0.243 e. The molecule has 182 valence electrons. The number of hydrogen-bond acceptors (Lipinski definition) is 7. The summed E-state index contributed by atoms with van der Waals surface area (Å²) in [6, 6.07) is 19.4. The zero-order chi connectivity index (χ0) is 24.8. The number of nitrogens with zero attached hydrogens (tertiary/aromatic N) is 1. The molecule has 3 aromatic carbocycles. The fourth-order valence-electron chi connectivity index (χ4n) is 3.34. The van der Waals surface area contributed by atoms with Crippen molar-refractivity contribution in [3.8, 4) is 28.7 Å². The van der Waals surface area contributed by atoms with Gasteiger partial charge in [-0.2, -0.15) is 4.72 Å². The van der Waals surface area contributed by atoms with Gasteiger partial charge in [0.25, 0.3) is 0 Å². The quantitative estimate of drug-likeness (QED) is 0.317. The molecule has 0 saturated carbocycles. The van der Waals surface area contributed by atoms with E-state index in [-0.39, 0.29) is 10.6 Å². The van der Waals surface area contributed by atoms with Gasteiger partial charge in [0.1, 0.15) is 12.4 Å². The van der Waals surface area contributed by atoms with Crippen molar-refractivity contribution in [2.24, 2.45) is 0 Å². The summed E-state index contributed by atoms with van der Waals surface area (Å²) in [5, 5.41) is 0.666. The molecule has 0 aliphatic heterocycles. The number of rotatable bonds is 10. The van der Waals surface area contributed by atoms with E-state index in [4.69, 9.17) is 18.9 Å². The lowest BCUT2D eigenvalue weighted by Crippen LogP contribution is -2.35. The van der Waals surface area contributed by atoms with E-state index < -0.39 is 22.9 Å². The molecule has 0 fully saturated rings. The second kappa shape index (κ2) is 10.6. The van der Waals surface area contributed by atoms with Crippen molar-refractivity contribution < 1.29 is 31.8 Å². The molecule has 4 aromatic rings. The standard InChI is InChI=1S/C25H23FN2O6S/c1-31-23-14-18-19(15-24(23)32-2)27-13-12-20(18)34-22-11-7-6-10-21(22)33-16-25(26)28-35(29,30)17-8-4-3-5-9-17/h3-15,25,28H,16H2,1-2H3. The average Bonchev–Trinajstić information content (AvgIpc) is 2.87. The Morgan fingerprint density at radius 1 is 0.857 bits per heavy atom. The zero-order valence-corrected chi connectivity index (χ0v) is 19.8. The van der Waals surface area contributed by atoms with Crippen molar-refractivity contribution in [1.82, 2.24) is 9.71 Å². The molecule has 1 unspecified atom stereocenters. The SMILES string of the molecule is COc1cc2nccc(Oc3ccccc3OCC(F)NS(=O)(=O)c3ccccc3)c2cc1OC. The molecule has 0 aliphatic rings. The molecule has 0 radical (unpaired) electrons. The van der Waals surface area contributed by atoms with E-state index in [9.17, 15) is 12.8 Å². The molecule has 1 aromatic heterocycles. The molecule has 0 bridgehead atoms. The average molecular weight is 499 g/mol. The number of methoxy groups -OCH3 is 2. The van der Waals surface area contributed by atoms with Crippen LogP contribution in [0.3, 0.4) is 0 Å². The van der Waals surface area contributed by atoms with Gasteiger partial charge in [-0.1, -0.05) is 30.3 Å². The number of alkyl halides is 1. The van der Waals surface area contributed by atoms with Gasteiger partial charge in [0.15, 0.2) is 29.3 Å². The molecular weight excluding hydrogens is 475 g/mol. The molecule has 0 amide bonds. The summed E-state index contributed by atoms with van der Waals surface area (Å²) < 4.78 is 63.5. The number of benzene rings is 3. The molecular formula is C25H23FN2O6S. The highest BCUT2D eigenvalue weighted by molar-refractivity contribution is 7.89. The number of sulfonamides is 1. The van der Waals surface area contributed by atoms with Gasteiger partial charge >= 0.3 is 0 Å². The van der Waals surface area contributed by atoms with Gasteiger partial charge in [0.05, 0.1) is 24.6 Å². The molecule has 8 nitrogen and oxygen atoms in total. The number of halogens is 1. The number of ether oxygens (including phenoxy) is 4. The topological polar surface area (TPSA) is 96.0 Å². The van der Waals surface area contributed by atoms with Crippen LogP contribution < -0.4 is 23.7 Å². The fraction of sp³-hybridized carbons (Fsp3) is 0.160. The van der Waals surface area contributed by atoms with Gasteiger partial charge in [0, 0.05) is 17.6 Å². The number of para-hydroxylation sites is 2. The first-order chi connectivity index (χ1) is 16.9. The molecule has 1 atom stereocenters. The maximum Gasteiger partial charge on any atom is 0.243 e. The van der Waals surface area contributed by atoms with Crippen LogP contribution in [0.4, 0.5) is 4.39 Å². The third-order valence-electron chi connectivity index (χ3n) is 5.00. The van der Waals surface area contributed by atoms with Crippen LogP contribution in [0.2, 0.25) is 0 Å². The maximum absolute atomic E-state index is 14.5. The second-order valence-electron chi connectivity index (χ2n) is 7.30. The zero-order valence-electron chi connectivity index (χ0n) is 19.0. The fourth-order valence-corrected chi connectivity index (χ4v) is 4.40. The van der Waals surface area contributed by atoms with Gasteiger partial charge in [-0.25, -0.2) is 12.8 Å². The van der Waals surface area contributed by atoms with Crippen molar-refractivity contribution in [3.63, 3.8) is 0 Å². The molecule has 4 rings (SSSR count). The number of nitrogens with one attached hydrogen (secondary N) is 1. The number of pyridine rings is 1. The summed E-state index contributed by atoms with van der Waals surface area (Å²) in [6.07, 6.45) is -0.394. The van der Waals surface area contributed by atoms with Gasteiger partial charge in [-0.15, -0.1) is 0 Å². The van der Waals surface area contributed by atoms with Crippen LogP contribution in [-0.4, -0.2) is 40.5 Å². The Kier molecular flexibility index (Phi) is 7.33. The summed E-state index contributed by atoms with van der Waals surface area (Å²) in [6.45, 7) is -0.561. The number of fused-ring (bicyclic) bond motifs is 1. The van der Waals surface area contributed by atoms with Gasteiger partial charge in [0.2, 0.25) is 10.0 Å². The minimum atomic E-state index is -4.02. The summed E-state index contributed by atoms with van der Waals surface area (Å²) >= 11 is 0. The van der Waals surface area contributed by atoms with E-state index in [1.807, 2.05) is 4.72 Å². The Balaban J connectivity index is 1.52. The van der Waals surface area contributed by atoms with E-state index in [0.29, 0.717) is 33.9 Å². The van der Waals surface area contributed by atoms with Crippen molar-refractivity contribution in [3.05, 3.63) is 79.0 Å². The highest BCUT2D eigenvalue weighted by Gasteiger charge is 2.20. The monoisotopic (exact) mass is 498 g/mol. The van der Waals surface area contributed by atoms with Crippen LogP contribution in [0.1, 0.15) is 0 Å². The Morgan fingerprint density at radius 3 is 2.23 bits per heavy atom. The van der Waals surface area contributed by atoms with Crippen LogP contribution in [0.15, 0.2) is 83.9 Å². The first-order valence-electron chi connectivity index (χ1n) is 10.5. The molecule has 1 N–H and O–H groups in total. The molecule has 35 heavy (non-hydrogen) atoms. The molecule has 0 saturated heterocycles. The highest BCUT2D eigenvalue weighted by atomic mass is 32.2. The highest BCUT2D eigenvalue weighted by Crippen LogP contribution is 2.38. The lowest BCUT2D eigenvalue weighted by molar-refractivity contribution is 0.183. The van der Waals surface area contributed by atoms with Gasteiger partial charge in [-0.3, -0.25) is 4.98 Å². The Morgan fingerprint density at radius 2 is 1.51 bits per heavy atom. The normalized spacial score (nSPS) is 12.2. The predicted molar refractivity (Wildman–Crippen MR) is 129 cm³/mol.